The molecule has 3 heteroatoms. The highest BCUT2D eigenvalue weighted by atomic mass is 15.1. The average molecular weight is 165 g/mol. The molecule has 0 aromatic carbocycles. The predicted molar refractivity (Wildman–Crippen MR) is 47.9 cm³/mol. The van der Waals surface area contributed by atoms with Gasteiger partial charge in [0.2, 0.25) is 0 Å². The van der Waals surface area contributed by atoms with Crippen molar-refractivity contribution in [2.24, 2.45) is 0 Å². The van der Waals surface area contributed by atoms with Crippen LogP contribution in [0.2, 0.25) is 0 Å². The summed E-state index contributed by atoms with van der Waals surface area (Å²) in [6, 6.07) is 0.842. The maximum absolute atomic E-state index is 3.90. The molecule has 0 bridgehead atoms. The van der Waals surface area contributed by atoms with Crippen LogP contribution >= 0.6 is 0 Å². The van der Waals surface area contributed by atoms with E-state index in [9.17, 15) is 0 Å². The number of aromatic nitrogens is 2. The molecule has 1 saturated carbocycles. The Kier molecular flexibility index (Phi) is 2.42. The minimum atomic E-state index is 0.842. The smallest absolute Gasteiger partial charge is 0.0519 e. The molecule has 0 radical (unpaired) electrons. The van der Waals surface area contributed by atoms with E-state index in [1.165, 1.54) is 24.8 Å². The van der Waals surface area contributed by atoms with Crippen LogP contribution in [0.4, 0.5) is 0 Å². The summed E-state index contributed by atoms with van der Waals surface area (Å²) in [5, 5.41) is 10.2. The van der Waals surface area contributed by atoms with Crippen molar-refractivity contribution in [2.45, 2.75) is 31.7 Å². The zero-order valence-corrected chi connectivity index (χ0v) is 7.21. The molecule has 0 unspecified atom stereocenters. The van der Waals surface area contributed by atoms with Crippen molar-refractivity contribution >= 4 is 0 Å². The fraction of sp³-hybridized carbons (Fsp3) is 0.667. The van der Waals surface area contributed by atoms with Crippen molar-refractivity contribution in [1.29, 1.82) is 0 Å². The van der Waals surface area contributed by atoms with E-state index in [0.717, 1.165) is 19.0 Å². The maximum atomic E-state index is 3.90. The van der Waals surface area contributed by atoms with Crippen molar-refractivity contribution in [3.05, 3.63) is 18.0 Å². The maximum Gasteiger partial charge on any atom is 0.0519 e. The van der Waals surface area contributed by atoms with Crippen LogP contribution in [0.1, 0.15) is 24.8 Å². The monoisotopic (exact) mass is 165 g/mol. The number of aryl methyl sites for hydroxylation is 1. The minimum absolute atomic E-state index is 0.842. The molecule has 0 amide bonds. The lowest BCUT2D eigenvalue weighted by Crippen LogP contribution is -2.17. The Bertz CT molecular complexity index is 214. The average Bonchev–Trinajstić information content (AvgIpc) is 2.76. The number of H-pyrrole nitrogens is 1. The van der Waals surface area contributed by atoms with Gasteiger partial charge in [-0.2, -0.15) is 5.10 Å². The fourth-order valence-corrected chi connectivity index (χ4v) is 1.30. The van der Waals surface area contributed by atoms with Crippen LogP contribution in [0.3, 0.4) is 0 Å². The summed E-state index contributed by atoms with van der Waals surface area (Å²) < 4.78 is 0. The van der Waals surface area contributed by atoms with Crippen LogP contribution in [-0.2, 0) is 6.42 Å². The van der Waals surface area contributed by atoms with Crippen LogP contribution in [-0.4, -0.2) is 22.8 Å². The highest BCUT2D eigenvalue weighted by molar-refractivity contribution is 5.02. The highest BCUT2D eigenvalue weighted by Crippen LogP contribution is 2.18. The van der Waals surface area contributed by atoms with Crippen LogP contribution in [0.5, 0.6) is 0 Å². The third kappa shape index (κ3) is 2.34. The van der Waals surface area contributed by atoms with Crippen molar-refractivity contribution in [1.82, 2.24) is 15.5 Å². The SMILES string of the molecule is c1n[nH]cc1CCCNC1CC1. The molecule has 66 valence electrons. The van der Waals surface area contributed by atoms with E-state index in [-0.39, 0.29) is 0 Å². The Labute approximate surface area is 72.6 Å². The van der Waals surface area contributed by atoms with Crippen LogP contribution in [0, 0.1) is 0 Å². The third-order valence-electron chi connectivity index (χ3n) is 2.21. The first-order valence-electron chi connectivity index (χ1n) is 4.66. The number of rotatable bonds is 5. The van der Waals surface area contributed by atoms with E-state index in [4.69, 9.17) is 0 Å². The van der Waals surface area contributed by atoms with Crippen molar-refractivity contribution in [3.63, 3.8) is 0 Å². The zero-order valence-electron chi connectivity index (χ0n) is 7.21. The minimum Gasteiger partial charge on any atom is -0.314 e. The van der Waals surface area contributed by atoms with Crippen LogP contribution < -0.4 is 5.32 Å². The van der Waals surface area contributed by atoms with Gasteiger partial charge in [0, 0.05) is 12.2 Å². The molecule has 1 aliphatic carbocycles. The molecule has 1 fully saturated rings. The molecule has 0 spiro atoms. The number of hydrogen-bond acceptors (Lipinski definition) is 2. The summed E-state index contributed by atoms with van der Waals surface area (Å²) in [6.07, 6.45) is 8.98. The number of aromatic amines is 1. The number of hydrogen-bond donors (Lipinski definition) is 2. The van der Waals surface area contributed by atoms with Gasteiger partial charge in [-0.3, -0.25) is 5.10 Å². The Morgan fingerprint density at radius 3 is 3.17 bits per heavy atom. The van der Waals surface area contributed by atoms with Gasteiger partial charge in [-0.05, 0) is 37.8 Å². The lowest BCUT2D eigenvalue weighted by Gasteiger charge is -1.99. The zero-order chi connectivity index (χ0) is 8.23. The molecule has 1 aromatic heterocycles. The topological polar surface area (TPSA) is 40.7 Å². The van der Waals surface area contributed by atoms with Crippen LogP contribution in [0.15, 0.2) is 12.4 Å². The fourth-order valence-electron chi connectivity index (χ4n) is 1.30. The van der Waals surface area contributed by atoms with Gasteiger partial charge >= 0.3 is 0 Å². The van der Waals surface area contributed by atoms with Crippen LogP contribution in [0.25, 0.3) is 0 Å². The van der Waals surface area contributed by atoms with Gasteiger partial charge in [0.1, 0.15) is 0 Å². The summed E-state index contributed by atoms with van der Waals surface area (Å²) >= 11 is 0. The van der Waals surface area contributed by atoms with E-state index in [1.807, 2.05) is 12.4 Å². The molecular formula is C9H15N3. The highest BCUT2D eigenvalue weighted by Gasteiger charge is 2.19. The summed E-state index contributed by atoms with van der Waals surface area (Å²) in [4.78, 5) is 0. The Balaban J connectivity index is 1.56. The van der Waals surface area contributed by atoms with Crippen molar-refractivity contribution in [2.75, 3.05) is 6.54 Å². The van der Waals surface area contributed by atoms with Gasteiger partial charge in [-0.1, -0.05) is 0 Å². The molecule has 3 nitrogen and oxygen atoms in total. The number of nitrogens with one attached hydrogen (secondary N) is 2. The lowest BCUT2D eigenvalue weighted by atomic mass is 10.2. The molecule has 0 saturated heterocycles. The second-order valence-corrected chi connectivity index (χ2v) is 3.44. The van der Waals surface area contributed by atoms with E-state index < -0.39 is 0 Å². The summed E-state index contributed by atoms with van der Waals surface area (Å²) in [5.41, 5.74) is 1.31. The quantitative estimate of drug-likeness (QED) is 0.641. The van der Waals surface area contributed by atoms with Crippen molar-refractivity contribution in [3.8, 4) is 0 Å². The Morgan fingerprint density at radius 2 is 2.50 bits per heavy atom. The summed E-state index contributed by atoms with van der Waals surface area (Å²) in [7, 11) is 0. The first-order valence-corrected chi connectivity index (χ1v) is 4.66. The molecule has 2 N–H and O–H groups in total. The molecule has 1 aromatic rings. The summed E-state index contributed by atoms with van der Waals surface area (Å²) in [5.74, 6) is 0. The van der Waals surface area contributed by atoms with Gasteiger partial charge in [-0.15, -0.1) is 0 Å². The second kappa shape index (κ2) is 3.72. The van der Waals surface area contributed by atoms with Gasteiger partial charge in [0.25, 0.3) is 0 Å². The van der Waals surface area contributed by atoms with E-state index in [0.29, 0.717) is 0 Å². The molecule has 0 aliphatic heterocycles. The molecule has 0 atom stereocenters. The standard InChI is InChI=1S/C9H15N3/c1(5-10-9-3-4-9)2-8-6-11-12-7-8/h6-7,9-10H,1-5H2,(H,11,12). The largest absolute Gasteiger partial charge is 0.314 e. The Hall–Kier alpha value is -0.830. The normalized spacial score (nSPS) is 16.7. The van der Waals surface area contributed by atoms with Gasteiger partial charge in [-0.25, -0.2) is 0 Å². The molecule has 2 rings (SSSR count). The number of nitrogens with zero attached hydrogens (tertiary/aromatic N) is 1. The molecule has 1 aliphatic rings. The second-order valence-electron chi connectivity index (χ2n) is 3.44. The molecule has 12 heavy (non-hydrogen) atoms. The predicted octanol–water partition coefficient (Wildman–Crippen LogP) is 1.09. The van der Waals surface area contributed by atoms with Gasteiger partial charge < -0.3 is 5.32 Å². The van der Waals surface area contributed by atoms with Gasteiger partial charge in [0.05, 0.1) is 6.20 Å². The Morgan fingerprint density at radius 1 is 1.58 bits per heavy atom. The van der Waals surface area contributed by atoms with E-state index in [2.05, 4.69) is 15.5 Å². The molecular weight excluding hydrogens is 150 g/mol. The van der Waals surface area contributed by atoms with E-state index >= 15 is 0 Å². The van der Waals surface area contributed by atoms with Crippen molar-refractivity contribution < 1.29 is 0 Å². The van der Waals surface area contributed by atoms with Gasteiger partial charge in [0.15, 0.2) is 0 Å². The first-order chi connectivity index (χ1) is 5.95. The first kappa shape index (κ1) is 7.80. The third-order valence-corrected chi connectivity index (χ3v) is 2.21. The summed E-state index contributed by atoms with van der Waals surface area (Å²) in [6.45, 7) is 1.15. The lowest BCUT2D eigenvalue weighted by molar-refractivity contribution is 0.645. The molecule has 1 heterocycles. The van der Waals surface area contributed by atoms with E-state index in [1.54, 1.807) is 0 Å².